The van der Waals surface area contributed by atoms with Crippen molar-refractivity contribution in [1.29, 1.82) is 0 Å². The van der Waals surface area contributed by atoms with Gasteiger partial charge in [0.15, 0.2) is 0 Å². The Morgan fingerprint density at radius 1 is 0.905 bits per heavy atom. The van der Waals surface area contributed by atoms with E-state index in [0.29, 0.717) is 47.3 Å². The van der Waals surface area contributed by atoms with Gasteiger partial charge in [0.05, 0.1) is 5.60 Å². The van der Waals surface area contributed by atoms with Crippen LogP contribution in [0.5, 0.6) is 0 Å². The van der Waals surface area contributed by atoms with Gasteiger partial charge in [0, 0.05) is 0 Å². The normalized spacial score (nSPS) is 56.8. The van der Waals surface area contributed by atoms with E-state index in [-0.39, 0.29) is 0 Å². The number of aliphatic hydroxyl groups is 1. The largest absolute Gasteiger partial charge is 0.389 e. The fraction of sp³-hybridized carbons (Fsp3) is 0.600. The molecule has 3 fully saturated rings. The Bertz CT molecular complexity index is 518. The summed E-state index contributed by atoms with van der Waals surface area (Å²) in [6.07, 6.45) is 14.1. The number of rotatable bonds is 3. The van der Waals surface area contributed by atoms with Gasteiger partial charge < -0.3 is 5.11 Å². The molecule has 0 aromatic carbocycles. The highest BCUT2D eigenvalue weighted by Gasteiger charge is 2.69. The monoisotopic (exact) mass is 282 g/mol. The number of allylic oxidation sites excluding steroid dienone is 4. The molecule has 4 aliphatic rings. The summed E-state index contributed by atoms with van der Waals surface area (Å²) in [6, 6.07) is 0. The lowest BCUT2D eigenvalue weighted by molar-refractivity contribution is -0.0612. The fourth-order valence-corrected chi connectivity index (χ4v) is 6.67. The van der Waals surface area contributed by atoms with Gasteiger partial charge in [-0.3, -0.25) is 0 Å². The van der Waals surface area contributed by atoms with Crippen molar-refractivity contribution < 1.29 is 5.11 Å². The molecule has 21 heavy (non-hydrogen) atoms. The molecule has 9 atom stereocenters. The molecule has 0 spiro atoms. The Kier molecular flexibility index (Phi) is 2.88. The van der Waals surface area contributed by atoms with E-state index in [1.807, 2.05) is 0 Å². The molecule has 112 valence electrons. The molecule has 1 heteroatoms. The summed E-state index contributed by atoms with van der Waals surface area (Å²) in [5, 5.41) is 11.6. The molecule has 0 amide bonds. The second kappa shape index (κ2) is 4.46. The maximum Gasteiger partial charge on any atom is 0.0755 e. The lowest BCUT2D eigenvalue weighted by Gasteiger charge is -2.41. The molecule has 0 unspecified atom stereocenters. The highest BCUT2D eigenvalue weighted by Crippen LogP contribution is 2.70. The van der Waals surface area contributed by atoms with Gasteiger partial charge in [-0.2, -0.15) is 0 Å². The third-order valence-electron chi connectivity index (χ3n) is 7.16. The molecule has 1 nitrogen and oxygen atoms in total. The first-order valence-corrected chi connectivity index (χ1v) is 8.42. The summed E-state index contributed by atoms with van der Waals surface area (Å²) in [6.45, 7) is 12.2. The van der Waals surface area contributed by atoms with Crippen LogP contribution in [0.3, 0.4) is 0 Å². The van der Waals surface area contributed by atoms with Crippen LogP contribution in [-0.2, 0) is 0 Å². The molecule has 0 aliphatic heterocycles. The van der Waals surface area contributed by atoms with Crippen molar-refractivity contribution >= 4 is 0 Å². The quantitative estimate of drug-likeness (QED) is 0.776. The van der Waals surface area contributed by atoms with Gasteiger partial charge in [-0.1, -0.05) is 30.4 Å². The molecular formula is C20H26O. The molecule has 1 N–H and O–H groups in total. The van der Waals surface area contributed by atoms with E-state index in [2.05, 4.69) is 50.1 Å². The zero-order valence-electron chi connectivity index (χ0n) is 12.7. The van der Waals surface area contributed by atoms with Crippen LogP contribution in [0.2, 0.25) is 0 Å². The Balaban J connectivity index is 1.85. The zero-order valence-corrected chi connectivity index (χ0v) is 12.7. The smallest absolute Gasteiger partial charge is 0.0755 e. The molecule has 4 rings (SSSR count). The van der Waals surface area contributed by atoms with E-state index in [1.54, 1.807) is 0 Å². The number of hydrogen-bond donors (Lipinski definition) is 1. The van der Waals surface area contributed by atoms with Crippen LogP contribution >= 0.6 is 0 Å². The van der Waals surface area contributed by atoms with E-state index in [4.69, 9.17) is 0 Å². The Morgan fingerprint density at radius 3 is 2.19 bits per heavy atom. The van der Waals surface area contributed by atoms with Crippen molar-refractivity contribution in [2.75, 3.05) is 0 Å². The van der Waals surface area contributed by atoms with E-state index >= 15 is 0 Å². The molecule has 0 radical (unpaired) electrons. The minimum absolute atomic E-state index is 0.364. The average Bonchev–Trinajstić information content (AvgIpc) is 3.12. The predicted octanol–water partition coefficient (Wildman–Crippen LogP) is 3.99. The first kappa shape index (κ1) is 13.6. The van der Waals surface area contributed by atoms with Gasteiger partial charge in [0.1, 0.15) is 0 Å². The second-order valence-corrected chi connectivity index (χ2v) is 7.66. The summed E-state index contributed by atoms with van der Waals surface area (Å²) >= 11 is 0. The average molecular weight is 282 g/mol. The highest BCUT2D eigenvalue weighted by atomic mass is 16.3. The SMILES string of the molecule is C=C[C@@H]1C[C@H](C=C)[C@H]2[C@H]3[C@@H]4[C@H](C=CC[C@]4(O)[C@H]21)C[C@@H]3C=C. The minimum Gasteiger partial charge on any atom is -0.389 e. The van der Waals surface area contributed by atoms with Crippen LogP contribution in [0, 0.1) is 47.3 Å². The second-order valence-electron chi connectivity index (χ2n) is 7.66. The van der Waals surface area contributed by atoms with E-state index in [9.17, 15) is 5.11 Å². The summed E-state index contributed by atoms with van der Waals surface area (Å²) in [5.41, 5.74) is -0.525. The third-order valence-corrected chi connectivity index (χ3v) is 7.16. The summed E-state index contributed by atoms with van der Waals surface area (Å²) in [5.74, 6) is 3.99. The minimum atomic E-state index is -0.525. The van der Waals surface area contributed by atoms with Gasteiger partial charge >= 0.3 is 0 Å². The van der Waals surface area contributed by atoms with E-state index in [0.717, 1.165) is 12.8 Å². The standard InChI is InChI=1S/C20H26O/c1-4-12-10-14(6-3)18-16(12)17-13(5-2)11-15-8-7-9-20(18,21)19(15)17/h4-8,12-19,21H,1-3,9-11H2/t12-,13-,14+,15+,16-,17-,18-,19-,20-/m0/s1. The third kappa shape index (κ3) is 1.51. The topological polar surface area (TPSA) is 20.2 Å². The van der Waals surface area contributed by atoms with Gasteiger partial charge in [0.25, 0.3) is 0 Å². The van der Waals surface area contributed by atoms with Crippen LogP contribution in [0.1, 0.15) is 19.3 Å². The van der Waals surface area contributed by atoms with Crippen molar-refractivity contribution in [3.63, 3.8) is 0 Å². The Morgan fingerprint density at radius 2 is 1.52 bits per heavy atom. The summed E-state index contributed by atoms with van der Waals surface area (Å²) in [7, 11) is 0. The molecule has 4 aliphatic carbocycles. The number of fused-ring (bicyclic) bond motifs is 3. The lowest BCUT2D eigenvalue weighted by atomic mass is 9.69. The van der Waals surface area contributed by atoms with Crippen LogP contribution in [0.4, 0.5) is 0 Å². The van der Waals surface area contributed by atoms with Crippen LogP contribution in [-0.4, -0.2) is 10.7 Å². The van der Waals surface area contributed by atoms with E-state index < -0.39 is 5.60 Å². The summed E-state index contributed by atoms with van der Waals surface area (Å²) in [4.78, 5) is 0. The van der Waals surface area contributed by atoms with Gasteiger partial charge in [-0.05, 0) is 66.6 Å². The van der Waals surface area contributed by atoms with Crippen molar-refractivity contribution in [3.8, 4) is 0 Å². The number of hydrogen-bond acceptors (Lipinski definition) is 1. The molecular weight excluding hydrogens is 256 g/mol. The maximum absolute atomic E-state index is 11.6. The lowest BCUT2D eigenvalue weighted by Crippen LogP contribution is -2.45. The highest BCUT2D eigenvalue weighted by molar-refractivity contribution is 5.27. The van der Waals surface area contributed by atoms with Crippen molar-refractivity contribution in [2.24, 2.45) is 47.3 Å². The Hall–Kier alpha value is -1.08. The maximum atomic E-state index is 11.6. The molecule has 0 bridgehead atoms. The van der Waals surface area contributed by atoms with Crippen LogP contribution < -0.4 is 0 Å². The van der Waals surface area contributed by atoms with Crippen molar-refractivity contribution in [3.05, 3.63) is 50.1 Å². The van der Waals surface area contributed by atoms with Crippen LogP contribution in [0.15, 0.2) is 50.1 Å². The zero-order chi connectivity index (χ0) is 14.8. The van der Waals surface area contributed by atoms with E-state index in [1.165, 1.54) is 6.42 Å². The van der Waals surface area contributed by atoms with Gasteiger partial charge in [-0.25, -0.2) is 0 Å². The molecule has 0 aromatic heterocycles. The van der Waals surface area contributed by atoms with Gasteiger partial charge in [-0.15, -0.1) is 19.7 Å². The van der Waals surface area contributed by atoms with Gasteiger partial charge in [0.2, 0.25) is 0 Å². The van der Waals surface area contributed by atoms with Crippen LogP contribution in [0.25, 0.3) is 0 Å². The molecule has 3 saturated carbocycles. The molecule has 0 aromatic rings. The Labute approximate surface area is 128 Å². The van der Waals surface area contributed by atoms with Crippen molar-refractivity contribution in [1.82, 2.24) is 0 Å². The first-order valence-electron chi connectivity index (χ1n) is 8.42. The molecule has 0 heterocycles. The fourth-order valence-electron chi connectivity index (χ4n) is 6.67. The van der Waals surface area contributed by atoms with Crippen molar-refractivity contribution in [2.45, 2.75) is 24.9 Å². The predicted molar refractivity (Wildman–Crippen MR) is 86.5 cm³/mol. The summed E-state index contributed by atoms with van der Waals surface area (Å²) < 4.78 is 0. The first-order chi connectivity index (χ1) is 10.2. The molecule has 0 saturated heterocycles.